The van der Waals surface area contributed by atoms with Crippen molar-refractivity contribution in [3.05, 3.63) is 59.2 Å². The van der Waals surface area contributed by atoms with E-state index in [0.717, 1.165) is 20.8 Å². The zero-order valence-corrected chi connectivity index (χ0v) is 12.0. The average Bonchev–Trinajstić information content (AvgIpc) is 2.48. The normalized spacial score (nSPS) is 10.4. The molecule has 0 aliphatic carbocycles. The van der Waals surface area contributed by atoms with Gasteiger partial charge >= 0.3 is 0 Å². The number of hydrogen-bond donors (Lipinski definition) is 0. The Morgan fingerprint density at radius 3 is 2.65 bits per heavy atom. The molecule has 2 aromatic carbocycles. The highest BCUT2D eigenvalue weighted by atomic mass is 79.9. The lowest BCUT2D eigenvalue weighted by molar-refractivity contribution is -0.120. The summed E-state index contributed by atoms with van der Waals surface area (Å²) < 4.78 is 6.03. The first-order chi connectivity index (χ1) is 9.81. The summed E-state index contributed by atoms with van der Waals surface area (Å²) in [6, 6.07) is 15.4. The number of carbonyl (C=O) groups is 1. The molecule has 3 nitrogen and oxygen atoms in total. The van der Waals surface area contributed by atoms with Gasteiger partial charge in [0, 0.05) is 16.2 Å². The fraction of sp³-hybridized carbons (Fsp3) is 0. The van der Waals surface area contributed by atoms with Crippen LogP contribution in [0.3, 0.4) is 0 Å². The number of aromatic nitrogens is 1. The van der Waals surface area contributed by atoms with E-state index in [2.05, 4.69) is 20.9 Å². The fourth-order valence-corrected chi connectivity index (χ4v) is 2.72. The van der Waals surface area contributed by atoms with E-state index in [4.69, 9.17) is 4.74 Å². The molecule has 0 saturated heterocycles. The largest absolute Gasteiger partial charge is 0.426 e. The summed E-state index contributed by atoms with van der Waals surface area (Å²) in [5.41, 5.74) is 1.59. The van der Waals surface area contributed by atoms with Gasteiger partial charge in [-0.3, -0.25) is 9.78 Å². The number of carbonyl (C=O) groups excluding carboxylic acids is 1. The SMILES string of the molecule is O=COc1cccnc1-c1cccc2c(Br)cccc12. The Labute approximate surface area is 124 Å². The molecule has 0 fully saturated rings. The van der Waals surface area contributed by atoms with Crippen molar-refractivity contribution in [1.29, 1.82) is 0 Å². The minimum atomic E-state index is 0.418. The van der Waals surface area contributed by atoms with Crippen LogP contribution in [0, 0.1) is 0 Å². The minimum Gasteiger partial charge on any atom is -0.426 e. The molecular weight excluding hydrogens is 318 g/mol. The van der Waals surface area contributed by atoms with Crippen LogP contribution in [0.1, 0.15) is 0 Å². The Balaban J connectivity index is 2.30. The third-order valence-electron chi connectivity index (χ3n) is 3.07. The van der Waals surface area contributed by atoms with Crippen molar-refractivity contribution in [3.8, 4) is 17.0 Å². The monoisotopic (exact) mass is 327 g/mol. The van der Waals surface area contributed by atoms with Crippen LogP contribution in [0.5, 0.6) is 5.75 Å². The van der Waals surface area contributed by atoms with Crippen LogP contribution in [0.2, 0.25) is 0 Å². The van der Waals surface area contributed by atoms with Crippen LogP contribution in [-0.2, 0) is 4.79 Å². The highest BCUT2D eigenvalue weighted by Crippen LogP contribution is 2.35. The maximum absolute atomic E-state index is 10.6. The van der Waals surface area contributed by atoms with E-state index in [1.165, 1.54) is 0 Å². The molecule has 0 radical (unpaired) electrons. The van der Waals surface area contributed by atoms with Gasteiger partial charge in [0.1, 0.15) is 5.69 Å². The molecule has 0 bridgehead atoms. The molecular formula is C16H10BrNO2. The summed E-state index contributed by atoms with van der Waals surface area (Å²) in [6.45, 7) is 0.418. The van der Waals surface area contributed by atoms with Crippen molar-refractivity contribution >= 4 is 33.2 Å². The lowest BCUT2D eigenvalue weighted by Crippen LogP contribution is -1.94. The molecule has 0 N–H and O–H groups in total. The molecule has 3 rings (SSSR count). The second kappa shape index (κ2) is 5.43. The molecule has 4 heteroatoms. The van der Waals surface area contributed by atoms with Gasteiger partial charge in [-0.1, -0.05) is 46.3 Å². The first-order valence-electron chi connectivity index (χ1n) is 6.04. The first kappa shape index (κ1) is 12.8. The third kappa shape index (κ3) is 2.18. The molecule has 0 amide bonds. The maximum Gasteiger partial charge on any atom is 0.298 e. The highest BCUT2D eigenvalue weighted by molar-refractivity contribution is 9.10. The minimum absolute atomic E-state index is 0.418. The topological polar surface area (TPSA) is 39.2 Å². The molecule has 0 unspecified atom stereocenters. The van der Waals surface area contributed by atoms with Gasteiger partial charge in [0.2, 0.25) is 0 Å². The number of halogens is 1. The summed E-state index contributed by atoms with van der Waals surface area (Å²) >= 11 is 3.54. The molecule has 0 aliphatic rings. The van der Waals surface area contributed by atoms with Crippen molar-refractivity contribution < 1.29 is 9.53 Å². The van der Waals surface area contributed by atoms with Crippen molar-refractivity contribution in [3.63, 3.8) is 0 Å². The zero-order chi connectivity index (χ0) is 13.9. The van der Waals surface area contributed by atoms with E-state index in [-0.39, 0.29) is 0 Å². The van der Waals surface area contributed by atoms with Crippen LogP contribution >= 0.6 is 15.9 Å². The number of hydrogen-bond acceptors (Lipinski definition) is 3. The molecule has 0 aliphatic heterocycles. The van der Waals surface area contributed by atoms with Gasteiger partial charge in [-0.25, -0.2) is 0 Å². The number of ether oxygens (including phenoxy) is 1. The van der Waals surface area contributed by atoms with Crippen LogP contribution in [-0.4, -0.2) is 11.5 Å². The van der Waals surface area contributed by atoms with Gasteiger partial charge in [-0.15, -0.1) is 0 Å². The van der Waals surface area contributed by atoms with E-state index in [0.29, 0.717) is 17.9 Å². The van der Waals surface area contributed by atoms with Gasteiger partial charge in [-0.05, 0) is 29.0 Å². The molecule has 3 aromatic rings. The predicted molar refractivity (Wildman–Crippen MR) is 81.6 cm³/mol. The Kier molecular flexibility index (Phi) is 3.48. The summed E-state index contributed by atoms with van der Waals surface area (Å²) in [4.78, 5) is 15.0. The molecule has 0 spiro atoms. The van der Waals surface area contributed by atoms with Gasteiger partial charge in [0.15, 0.2) is 5.75 Å². The molecule has 1 aromatic heterocycles. The van der Waals surface area contributed by atoms with Gasteiger partial charge < -0.3 is 4.74 Å². The third-order valence-corrected chi connectivity index (χ3v) is 3.76. The Morgan fingerprint density at radius 2 is 1.80 bits per heavy atom. The number of benzene rings is 2. The van der Waals surface area contributed by atoms with Gasteiger partial charge in [0.05, 0.1) is 0 Å². The van der Waals surface area contributed by atoms with E-state index in [1.54, 1.807) is 18.3 Å². The zero-order valence-electron chi connectivity index (χ0n) is 10.4. The average molecular weight is 328 g/mol. The lowest BCUT2D eigenvalue weighted by Gasteiger charge is -2.10. The predicted octanol–water partition coefficient (Wildman–Crippen LogP) is 4.20. The molecule has 98 valence electrons. The summed E-state index contributed by atoms with van der Waals surface area (Å²) in [5, 5.41) is 2.14. The van der Waals surface area contributed by atoms with E-state index < -0.39 is 0 Å². The smallest absolute Gasteiger partial charge is 0.298 e. The van der Waals surface area contributed by atoms with E-state index in [1.807, 2.05) is 36.4 Å². The van der Waals surface area contributed by atoms with Gasteiger partial charge in [-0.2, -0.15) is 0 Å². The Morgan fingerprint density at radius 1 is 1.00 bits per heavy atom. The number of nitrogens with zero attached hydrogens (tertiary/aromatic N) is 1. The highest BCUT2D eigenvalue weighted by Gasteiger charge is 2.11. The van der Waals surface area contributed by atoms with Crippen LogP contribution in [0.25, 0.3) is 22.0 Å². The molecule has 0 saturated carbocycles. The summed E-state index contributed by atoms with van der Waals surface area (Å²) in [7, 11) is 0. The molecule has 20 heavy (non-hydrogen) atoms. The second-order valence-corrected chi connectivity index (χ2v) is 5.06. The van der Waals surface area contributed by atoms with E-state index in [9.17, 15) is 4.79 Å². The number of fused-ring (bicyclic) bond motifs is 1. The van der Waals surface area contributed by atoms with Crippen molar-refractivity contribution in [2.75, 3.05) is 0 Å². The quantitative estimate of drug-likeness (QED) is 0.677. The van der Waals surface area contributed by atoms with Crippen LogP contribution in [0.15, 0.2) is 59.2 Å². The number of rotatable bonds is 3. The van der Waals surface area contributed by atoms with Crippen LogP contribution < -0.4 is 4.74 Å². The van der Waals surface area contributed by atoms with Crippen molar-refractivity contribution in [1.82, 2.24) is 4.98 Å². The second-order valence-electron chi connectivity index (χ2n) is 4.20. The Hall–Kier alpha value is -2.20. The lowest BCUT2D eigenvalue weighted by atomic mass is 10.0. The van der Waals surface area contributed by atoms with Crippen molar-refractivity contribution in [2.45, 2.75) is 0 Å². The summed E-state index contributed by atoms with van der Waals surface area (Å²) in [6.07, 6.45) is 1.68. The Bertz CT molecular complexity index is 786. The van der Waals surface area contributed by atoms with Gasteiger partial charge in [0.25, 0.3) is 6.47 Å². The first-order valence-corrected chi connectivity index (χ1v) is 6.83. The van der Waals surface area contributed by atoms with Crippen LogP contribution in [0.4, 0.5) is 0 Å². The summed E-state index contributed by atoms with van der Waals surface area (Å²) in [5.74, 6) is 0.454. The molecule has 0 atom stereocenters. The standard InChI is InChI=1S/C16H10BrNO2/c17-14-7-2-4-11-12(14)5-1-6-13(11)16-15(20-10-19)8-3-9-18-16/h1-10H. The van der Waals surface area contributed by atoms with Crippen molar-refractivity contribution in [2.24, 2.45) is 0 Å². The number of pyridine rings is 1. The maximum atomic E-state index is 10.6. The molecule has 1 heterocycles. The van der Waals surface area contributed by atoms with E-state index >= 15 is 0 Å². The fourth-order valence-electron chi connectivity index (χ4n) is 2.22.